The van der Waals surface area contributed by atoms with E-state index in [0.29, 0.717) is 12.2 Å². The Hall–Kier alpha value is -1.02. The monoisotopic (exact) mass is 282 g/mol. The second-order valence-electron chi connectivity index (χ2n) is 5.79. The summed E-state index contributed by atoms with van der Waals surface area (Å²) in [5.74, 6) is 0.808. The molecule has 0 aromatic heterocycles. The minimum Gasteiger partial charge on any atom is -0.493 e. The first-order valence-corrected chi connectivity index (χ1v) is 7.16. The SMILES string of the molecule is CCCOc1ccc(C(=O)C(C)Cl)cc1C(C)(C)C. The van der Waals surface area contributed by atoms with Crippen LogP contribution in [0.5, 0.6) is 5.75 Å². The number of carbonyl (C=O) groups excluding carboxylic acids is 1. The molecule has 1 atom stereocenters. The van der Waals surface area contributed by atoms with Crippen molar-refractivity contribution in [3.63, 3.8) is 0 Å². The third-order valence-corrected chi connectivity index (χ3v) is 3.09. The number of alkyl halides is 1. The highest BCUT2D eigenvalue weighted by molar-refractivity contribution is 6.33. The van der Waals surface area contributed by atoms with E-state index in [1.807, 2.05) is 12.1 Å². The molecule has 0 spiro atoms. The van der Waals surface area contributed by atoms with Gasteiger partial charge in [0, 0.05) is 11.1 Å². The number of ether oxygens (including phenoxy) is 1. The average molecular weight is 283 g/mol. The number of benzene rings is 1. The van der Waals surface area contributed by atoms with Crippen molar-refractivity contribution in [3.8, 4) is 5.75 Å². The van der Waals surface area contributed by atoms with E-state index in [1.165, 1.54) is 0 Å². The number of carbonyl (C=O) groups is 1. The molecule has 1 aromatic rings. The highest BCUT2D eigenvalue weighted by Gasteiger charge is 2.22. The summed E-state index contributed by atoms with van der Waals surface area (Å²) in [6, 6.07) is 5.58. The van der Waals surface area contributed by atoms with Gasteiger partial charge in [-0.15, -0.1) is 11.6 Å². The zero-order chi connectivity index (χ0) is 14.6. The lowest BCUT2D eigenvalue weighted by Crippen LogP contribution is -2.17. The van der Waals surface area contributed by atoms with Crippen molar-refractivity contribution in [1.29, 1.82) is 0 Å². The maximum atomic E-state index is 12.0. The van der Waals surface area contributed by atoms with Gasteiger partial charge in [0.1, 0.15) is 5.75 Å². The standard InChI is InChI=1S/C16H23ClO2/c1-6-9-19-14-8-7-12(15(18)11(2)17)10-13(14)16(3,4)5/h7-8,10-11H,6,9H2,1-5H3. The predicted molar refractivity (Wildman–Crippen MR) is 80.6 cm³/mol. The molecule has 0 radical (unpaired) electrons. The van der Waals surface area contributed by atoms with Crippen LogP contribution < -0.4 is 4.74 Å². The summed E-state index contributed by atoms with van der Waals surface area (Å²) in [5, 5.41) is -0.504. The summed E-state index contributed by atoms with van der Waals surface area (Å²) in [4.78, 5) is 12.0. The van der Waals surface area contributed by atoms with Crippen molar-refractivity contribution in [3.05, 3.63) is 29.3 Å². The third kappa shape index (κ3) is 4.24. The van der Waals surface area contributed by atoms with Gasteiger partial charge in [-0.05, 0) is 37.0 Å². The molecule has 1 aromatic carbocycles. The molecule has 0 aliphatic heterocycles. The summed E-state index contributed by atoms with van der Waals surface area (Å²) in [5.41, 5.74) is 1.62. The van der Waals surface area contributed by atoms with E-state index in [9.17, 15) is 4.79 Å². The molecule has 2 nitrogen and oxygen atoms in total. The Morgan fingerprint density at radius 2 is 2.00 bits per heavy atom. The number of ketones is 1. The molecule has 0 fully saturated rings. The van der Waals surface area contributed by atoms with Gasteiger partial charge in [0.15, 0.2) is 5.78 Å². The van der Waals surface area contributed by atoms with Gasteiger partial charge in [-0.2, -0.15) is 0 Å². The lowest BCUT2D eigenvalue weighted by Gasteiger charge is -2.23. The Balaban J connectivity index is 3.19. The van der Waals surface area contributed by atoms with Crippen LogP contribution in [0.1, 0.15) is 57.0 Å². The van der Waals surface area contributed by atoms with Crippen molar-refractivity contribution in [2.75, 3.05) is 6.61 Å². The first kappa shape index (κ1) is 16.0. The van der Waals surface area contributed by atoms with Crippen LogP contribution in [0.3, 0.4) is 0 Å². The maximum Gasteiger partial charge on any atom is 0.180 e. The molecule has 0 saturated carbocycles. The van der Waals surface area contributed by atoms with Crippen molar-refractivity contribution >= 4 is 17.4 Å². The van der Waals surface area contributed by atoms with Gasteiger partial charge in [0.05, 0.1) is 12.0 Å². The van der Waals surface area contributed by atoms with Crippen molar-refractivity contribution in [1.82, 2.24) is 0 Å². The van der Waals surface area contributed by atoms with E-state index in [-0.39, 0.29) is 11.2 Å². The fraction of sp³-hybridized carbons (Fsp3) is 0.562. The Kier molecular flexibility index (Phi) is 5.42. The molecule has 3 heteroatoms. The van der Waals surface area contributed by atoms with Gasteiger partial charge in [-0.3, -0.25) is 4.79 Å². The molecule has 0 saturated heterocycles. The van der Waals surface area contributed by atoms with E-state index in [1.54, 1.807) is 13.0 Å². The molecule has 1 unspecified atom stereocenters. The summed E-state index contributed by atoms with van der Waals surface area (Å²) in [6.45, 7) is 10.8. The van der Waals surface area contributed by atoms with Crippen LogP contribution in [-0.2, 0) is 5.41 Å². The minimum absolute atomic E-state index is 0.0470. The van der Waals surface area contributed by atoms with Gasteiger partial charge < -0.3 is 4.74 Å². The summed E-state index contributed by atoms with van der Waals surface area (Å²) < 4.78 is 5.76. The van der Waals surface area contributed by atoms with E-state index in [0.717, 1.165) is 17.7 Å². The Labute approximate surface area is 121 Å². The zero-order valence-corrected chi connectivity index (χ0v) is 13.2. The Morgan fingerprint density at radius 1 is 1.37 bits per heavy atom. The quantitative estimate of drug-likeness (QED) is 0.583. The summed E-state index contributed by atoms with van der Waals surface area (Å²) >= 11 is 5.87. The van der Waals surface area contributed by atoms with E-state index in [4.69, 9.17) is 16.3 Å². The van der Waals surface area contributed by atoms with E-state index in [2.05, 4.69) is 27.7 Å². The van der Waals surface area contributed by atoms with Crippen LogP contribution in [0.25, 0.3) is 0 Å². The van der Waals surface area contributed by atoms with Crippen molar-refractivity contribution in [2.24, 2.45) is 0 Å². The third-order valence-electron chi connectivity index (χ3n) is 2.90. The molecule has 1 rings (SSSR count). The van der Waals surface area contributed by atoms with Gasteiger partial charge >= 0.3 is 0 Å². The van der Waals surface area contributed by atoms with Gasteiger partial charge in [0.2, 0.25) is 0 Å². The molecular formula is C16H23ClO2. The van der Waals surface area contributed by atoms with Crippen molar-refractivity contribution in [2.45, 2.75) is 51.8 Å². The number of halogens is 1. The van der Waals surface area contributed by atoms with Crippen LogP contribution in [0, 0.1) is 0 Å². The number of Topliss-reactive ketones (excluding diaryl/α,β-unsaturated/α-hetero) is 1. The second-order valence-corrected chi connectivity index (χ2v) is 6.44. The smallest absolute Gasteiger partial charge is 0.180 e. The normalized spacial score (nSPS) is 13.2. The van der Waals surface area contributed by atoms with Crippen LogP contribution in [0.15, 0.2) is 18.2 Å². The van der Waals surface area contributed by atoms with Crippen LogP contribution in [0.2, 0.25) is 0 Å². The molecule has 0 bridgehead atoms. The van der Waals surface area contributed by atoms with Gasteiger partial charge in [-0.25, -0.2) is 0 Å². The Bertz CT molecular complexity index is 445. The number of hydrogen-bond acceptors (Lipinski definition) is 2. The van der Waals surface area contributed by atoms with Crippen LogP contribution in [-0.4, -0.2) is 17.8 Å². The Morgan fingerprint density at radius 3 is 2.47 bits per heavy atom. The molecule has 19 heavy (non-hydrogen) atoms. The zero-order valence-electron chi connectivity index (χ0n) is 12.4. The second kappa shape index (κ2) is 6.42. The molecule has 0 amide bonds. The summed E-state index contributed by atoms with van der Waals surface area (Å²) in [7, 11) is 0. The van der Waals surface area contributed by atoms with Gasteiger partial charge in [-0.1, -0.05) is 27.7 Å². The highest BCUT2D eigenvalue weighted by atomic mass is 35.5. The lowest BCUT2D eigenvalue weighted by molar-refractivity contribution is 0.0991. The highest BCUT2D eigenvalue weighted by Crippen LogP contribution is 2.32. The fourth-order valence-corrected chi connectivity index (χ4v) is 1.96. The molecule has 0 heterocycles. The van der Waals surface area contributed by atoms with E-state index >= 15 is 0 Å². The summed E-state index contributed by atoms with van der Waals surface area (Å²) in [6.07, 6.45) is 0.961. The lowest BCUT2D eigenvalue weighted by atomic mass is 9.85. The van der Waals surface area contributed by atoms with Crippen LogP contribution in [0.4, 0.5) is 0 Å². The molecule has 0 aliphatic rings. The molecule has 0 N–H and O–H groups in total. The minimum atomic E-state index is -0.504. The van der Waals surface area contributed by atoms with Crippen LogP contribution >= 0.6 is 11.6 Å². The number of rotatable bonds is 5. The first-order chi connectivity index (χ1) is 8.77. The van der Waals surface area contributed by atoms with Gasteiger partial charge in [0.25, 0.3) is 0 Å². The number of hydrogen-bond donors (Lipinski definition) is 0. The molecule has 106 valence electrons. The van der Waals surface area contributed by atoms with E-state index < -0.39 is 5.38 Å². The fourth-order valence-electron chi connectivity index (χ4n) is 1.84. The molecular weight excluding hydrogens is 260 g/mol. The largest absolute Gasteiger partial charge is 0.493 e. The predicted octanol–water partition coefficient (Wildman–Crippen LogP) is 4.58. The maximum absolute atomic E-state index is 12.0. The van der Waals surface area contributed by atoms with Crippen molar-refractivity contribution < 1.29 is 9.53 Å². The topological polar surface area (TPSA) is 26.3 Å². The first-order valence-electron chi connectivity index (χ1n) is 6.73. The average Bonchev–Trinajstić information content (AvgIpc) is 2.34. The molecule has 0 aliphatic carbocycles.